The molecule has 0 aromatic heterocycles. The Morgan fingerprint density at radius 3 is 2.29 bits per heavy atom. The van der Waals surface area contributed by atoms with Crippen molar-refractivity contribution < 1.29 is 14.6 Å². The second-order valence-corrected chi connectivity index (χ2v) is 5.00. The molecule has 0 heterocycles. The molecule has 1 N–H and O–H groups in total. The minimum atomic E-state index is -0.731. The molecule has 0 amide bonds. The molecule has 2 rings (SSSR count). The van der Waals surface area contributed by atoms with Crippen molar-refractivity contribution in [2.45, 2.75) is 25.9 Å². The maximum atomic E-state index is 10.6. The van der Waals surface area contributed by atoms with E-state index in [4.69, 9.17) is 9.47 Å². The summed E-state index contributed by atoms with van der Waals surface area (Å²) in [5.41, 5.74) is 2.84. The number of aryl methyl sites for hydroxylation is 1. The summed E-state index contributed by atoms with van der Waals surface area (Å²) in [5, 5.41) is 10.6. The fourth-order valence-corrected chi connectivity index (χ4v) is 2.39. The van der Waals surface area contributed by atoms with E-state index in [0.717, 1.165) is 18.4 Å². The number of hydrogen-bond donors (Lipinski definition) is 1. The Kier molecular flexibility index (Phi) is 5.23. The average molecular weight is 286 g/mol. The largest absolute Gasteiger partial charge is 0.497 e. The molecule has 112 valence electrons. The van der Waals surface area contributed by atoms with Gasteiger partial charge in [0.1, 0.15) is 17.6 Å². The second kappa shape index (κ2) is 7.14. The van der Waals surface area contributed by atoms with Crippen molar-refractivity contribution in [2.75, 3.05) is 14.2 Å². The van der Waals surface area contributed by atoms with Crippen molar-refractivity contribution >= 4 is 0 Å². The van der Waals surface area contributed by atoms with Crippen molar-refractivity contribution in [2.24, 2.45) is 0 Å². The third-order valence-corrected chi connectivity index (χ3v) is 3.57. The van der Waals surface area contributed by atoms with Gasteiger partial charge < -0.3 is 14.6 Å². The maximum Gasteiger partial charge on any atom is 0.125 e. The Morgan fingerprint density at radius 2 is 1.71 bits per heavy atom. The number of aliphatic hydroxyl groups is 1. The molecule has 0 bridgehead atoms. The van der Waals surface area contributed by atoms with Crippen molar-refractivity contribution in [1.82, 2.24) is 0 Å². The van der Waals surface area contributed by atoms with E-state index >= 15 is 0 Å². The zero-order chi connectivity index (χ0) is 15.2. The van der Waals surface area contributed by atoms with Crippen LogP contribution in [0.15, 0.2) is 42.5 Å². The molecule has 0 aliphatic heterocycles. The molecule has 0 spiro atoms. The number of hydrogen-bond acceptors (Lipinski definition) is 3. The van der Waals surface area contributed by atoms with Crippen LogP contribution in [0.4, 0.5) is 0 Å². The fraction of sp³-hybridized carbons (Fsp3) is 0.333. The normalized spacial score (nSPS) is 12.0. The summed E-state index contributed by atoms with van der Waals surface area (Å²) in [6.45, 7) is 2.16. The maximum absolute atomic E-state index is 10.6. The van der Waals surface area contributed by atoms with Crippen LogP contribution in [0.5, 0.6) is 11.5 Å². The van der Waals surface area contributed by atoms with Crippen LogP contribution in [0.25, 0.3) is 0 Å². The number of benzene rings is 2. The quantitative estimate of drug-likeness (QED) is 0.879. The highest BCUT2D eigenvalue weighted by molar-refractivity contribution is 5.45. The standard InChI is InChI=1S/C18H22O3/c1-4-5-13-6-8-14(9-7-13)18(19)16-12-15(20-2)10-11-17(16)21-3/h6-12,18-19H,4-5H2,1-3H3. The third kappa shape index (κ3) is 3.56. The minimum Gasteiger partial charge on any atom is -0.497 e. The first-order chi connectivity index (χ1) is 10.2. The summed E-state index contributed by atoms with van der Waals surface area (Å²) in [5.74, 6) is 1.35. The predicted molar refractivity (Wildman–Crippen MR) is 84.0 cm³/mol. The Balaban J connectivity index is 2.31. The molecule has 1 atom stereocenters. The highest BCUT2D eigenvalue weighted by Gasteiger charge is 2.16. The smallest absolute Gasteiger partial charge is 0.125 e. The van der Waals surface area contributed by atoms with E-state index in [1.165, 1.54) is 5.56 Å². The van der Waals surface area contributed by atoms with Gasteiger partial charge in [-0.05, 0) is 35.7 Å². The van der Waals surface area contributed by atoms with Crippen LogP contribution in [0.3, 0.4) is 0 Å². The summed E-state index contributed by atoms with van der Waals surface area (Å²) in [6, 6.07) is 13.5. The molecule has 1 unspecified atom stereocenters. The summed E-state index contributed by atoms with van der Waals surface area (Å²) >= 11 is 0. The molecule has 2 aromatic carbocycles. The Bertz CT molecular complexity index is 576. The predicted octanol–water partition coefficient (Wildman–Crippen LogP) is 3.74. The van der Waals surface area contributed by atoms with E-state index in [1.54, 1.807) is 14.2 Å². The van der Waals surface area contributed by atoms with Gasteiger partial charge in [-0.3, -0.25) is 0 Å². The summed E-state index contributed by atoms with van der Waals surface area (Å²) in [4.78, 5) is 0. The van der Waals surface area contributed by atoms with Crippen molar-refractivity contribution in [3.05, 3.63) is 59.2 Å². The summed E-state index contributed by atoms with van der Waals surface area (Å²) in [7, 11) is 3.21. The van der Waals surface area contributed by atoms with E-state index < -0.39 is 6.10 Å². The molecule has 0 saturated carbocycles. The Labute approximate surface area is 126 Å². The monoisotopic (exact) mass is 286 g/mol. The molecule has 0 aliphatic carbocycles. The number of methoxy groups -OCH3 is 2. The van der Waals surface area contributed by atoms with Gasteiger partial charge >= 0.3 is 0 Å². The third-order valence-electron chi connectivity index (χ3n) is 3.57. The van der Waals surface area contributed by atoms with Crippen molar-refractivity contribution in [3.63, 3.8) is 0 Å². The molecule has 3 nitrogen and oxygen atoms in total. The van der Waals surface area contributed by atoms with Crippen LogP contribution >= 0.6 is 0 Å². The number of rotatable bonds is 6. The lowest BCUT2D eigenvalue weighted by Gasteiger charge is -2.16. The number of aliphatic hydroxyl groups excluding tert-OH is 1. The van der Waals surface area contributed by atoms with Gasteiger partial charge in [0.25, 0.3) is 0 Å². The van der Waals surface area contributed by atoms with Crippen LogP contribution < -0.4 is 9.47 Å². The molecule has 21 heavy (non-hydrogen) atoms. The molecular formula is C18H22O3. The summed E-state index contributed by atoms with van der Waals surface area (Å²) in [6.07, 6.45) is 1.44. The van der Waals surface area contributed by atoms with Crippen LogP contribution in [0.1, 0.15) is 36.1 Å². The topological polar surface area (TPSA) is 38.7 Å². The molecular weight excluding hydrogens is 264 g/mol. The van der Waals surface area contributed by atoms with Crippen LogP contribution in [0, 0.1) is 0 Å². The lowest BCUT2D eigenvalue weighted by atomic mass is 9.98. The van der Waals surface area contributed by atoms with Crippen molar-refractivity contribution in [3.8, 4) is 11.5 Å². The van der Waals surface area contributed by atoms with E-state index in [9.17, 15) is 5.11 Å². The summed E-state index contributed by atoms with van der Waals surface area (Å²) < 4.78 is 10.6. The first-order valence-electron chi connectivity index (χ1n) is 7.18. The second-order valence-electron chi connectivity index (χ2n) is 5.00. The first kappa shape index (κ1) is 15.4. The van der Waals surface area contributed by atoms with E-state index in [-0.39, 0.29) is 0 Å². The van der Waals surface area contributed by atoms with Gasteiger partial charge in [0.05, 0.1) is 14.2 Å². The Hall–Kier alpha value is -2.00. The molecule has 0 fully saturated rings. The molecule has 2 aromatic rings. The Morgan fingerprint density at radius 1 is 1.00 bits per heavy atom. The lowest BCUT2D eigenvalue weighted by molar-refractivity contribution is 0.214. The van der Waals surface area contributed by atoms with Gasteiger partial charge in [-0.15, -0.1) is 0 Å². The van der Waals surface area contributed by atoms with E-state index in [0.29, 0.717) is 17.1 Å². The van der Waals surface area contributed by atoms with Crippen molar-refractivity contribution in [1.29, 1.82) is 0 Å². The van der Waals surface area contributed by atoms with Gasteiger partial charge in [-0.2, -0.15) is 0 Å². The highest BCUT2D eigenvalue weighted by Crippen LogP contribution is 2.33. The van der Waals surface area contributed by atoms with Crippen LogP contribution in [0.2, 0.25) is 0 Å². The zero-order valence-electron chi connectivity index (χ0n) is 12.8. The average Bonchev–Trinajstić information content (AvgIpc) is 2.54. The van der Waals surface area contributed by atoms with Gasteiger partial charge in [0, 0.05) is 5.56 Å². The van der Waals surface area contributed by atoms with Crippen LogP contribution in [-0.2, 0) is 6.42 Å². The van der Waals surface area contributed by atoms with Gasteiger partial charge in [-0.1, -0.05) is 37.6 Å². The van der Waals surface area contributed by atoms with E-state index in [2.05, 4.69) is 19.1 Å². The van der Waals surface area contributed by atoms with Gasteiger partial charge in [0.2, 0.25) is 0 Å². The van der Waals surface area contributed by atoms with Gasteiger partial charge in [-0.25, -0.2) is 0 Å². The minimum absolute atomic E-state index is 0.654. The fourth-order valence-electron chi connectivity index (χ4n) is 2.39. The first-order valence-corrected chi connectivity index (χ1v) is 7.18. The molecule has 0 radical (unpaired) electrons. The molecule has 0 aliphatic rings. The van der Waals surface area contributed by atoms with Crippen LogP contribution in [-0.4, -0.2) is 19.3 Å². The van der Waals surface area contributed by atoms with E-state index in [1.807, 2.05) is 30.3 Å². The van der Waals surface area contributed by atoms with Gasteiger partial charge in [0.15, 0.2) is 0 Å². The lowest BCUT2D eigenvalue weighted by Crippen LogP contribution is -2.03. The zero-order valence-corrected chi connectivity index (χ0v) is 12.8. The number of ether oxygens (including phenoxy) is 2. The SMILES string of the molecule is CCCc1ccc(C(O)c2cc(OC)ccc2OC)cc1. The highest BCUT2D eigenvalue weighted by atomic mass is 16.5. The molecule has 0 saturated heterocycles. The molecule has 3 heteroatoms.